The van der Waals surface area contributed by atoms with Crippen LogP contribution in [-0.2, 0) is 17.3 Å². The molecule has 1 aliphatic rings. The second-order valence-corrected chi connectivity index (χ2v) is 5.76. The first kappa shape index (κ1) is 12.3. The molecule has 94 valence electrons. The standard InChI is InChI=1S/C11H16N2O3S/c12-7-9-1-2-10(16-9)11(14)13-8-3-5-17(15)6-4-8/h1-2,8H,3-7,12H2,(H,13,14). The largest absolute Gasteiger partial charge is 0.455 e. The lowest BCUT2D eigenvalue weighted by molar-refractivity contribution is 0.0904. The first-order chi connectivity index (χ1) is 8.19. The maximum absolute atomic E-state index is 11.8. The average molecular weight is 256 g/mol. The molecule has 2 rings (SSSR count). The number of carbonyl (C=O) groups is 1. The van der Waals surface area contributed by atoms with Gasteiger partial charge in [-0.3, -0.25) is 9.00 Å². The quantitative estimate of drug-likeness (QED) is 0.818. The van der Waals surface area contributed by atoms with Crippen molar-refractivity contribution < 1.29 is 13.4 Å². The van der Waals surface area contributed by atoms with Crippen molar-refractivity contribution in [2.45, 2.75) is 25.4 Å². The zero-order valence-electron chi connectivity index (χ0n) is 9.48. The second kappa shape index (κ2) is 5.46. The van der Waals surface area contributed by atoms with Crippen LogP contribution >= 0.6 is 0 Å². The Kier molecular flexibility index (Phi) is 3.96. The zero-order valence-corrected chi connectivity index (χ0v) is 10.3. The number of carbonyl (C=O) groups excluding carboxylic acids is 1. The molecule has 17 heavy (non-hydrogen) atoms. The summed E-state index contributed by atoms with van der Waals surface area (Å²) in [6.45, 7) is 0.287. The van der Waals surface area contributed by atoms with Crippen LogP contribution < -0.4 is 11.1 Å². The van der Waals surface area contributed by atoms with Crippen LogP contribution in [0.3, 0.4) is 0 Å². The molecule has 1 aliphatic heterocycles. The monoisotopic (exact) mass is 256 g/mol. The Hall–Kier alpha value is -1.14. The molecule has 2 heterocycles. The van der Waals surface area contributed by atoms with Crippen LogP contribution in [0.4, 0.5) is 0 Å². The minimum absolute atomic E-state index is 0.103. The van der Waals surface area contributed by atoms with Crippen LogP contribution in [0.15, 0.2) is 16.5 Å². The van der Waals surface area contributed by atoms with E-state index < -0.39 is 10.8 Å². The van der Waals surface area contributed by atoms with Crippen LogP contribution in [-0.4, -0.2) is 27.7 Å². The van der Waals surface area contributed by atoms with Gasteiger partial charge in [0.1, 0.15) is 5.76 Å². The highest BCUT2D eigenvalue weighted by Gasteiger charge is 2.21. The summed E-state index contributed by atoms with van der Waals surface area (Å²) in [5, 5.41) is 2.89. The van der Waals surface area contributed by atoms with Crippen molar-refractivity contribution in [2.75, 3.05) is 11.5 Å². The lowest BCUT2D eigenvalue weighted by Crippen LogP contribution is -2.39. The molecule has 3 N–H and O–H groups in total. The number of nitrogens with one attached hydrogen (secondary N) is 1. The maximum Gasteiger partial charge on any atom is 0.287 e. The first-order valence-corrected chi connectivity index (χ1v) is 7.12. The van der Waals surface area contributed by atoms with Crippen molar-refractivity contribution >= 4 is 16.7 Å². The highest BCUT2D eigenvalue weighted by atomic mass is 32.2. The summed E-state index contributed by atoms with van der Waals surface area (Å²) in [5.41, 5.74) is 5.40. The van der Waals surface area contributed by atoms with Gasteiger partial charge in [-0.05, 0) is 25.0 Å². The fourth-order valence-electron chi connectivity index (χ4n) is 1.80. The summed E-state index contributed by atoms with van der Waals surface area (Å²) in [6, 6.07) is 3.43. The topological polar surface area (TPSA) is 85.3 Å². The van der Waals surface area contributed by atoms with E-state index in [0.717, 1.165) is 12.8 Å². The second-order valence-electron chi connectivity index (χ2n) is 4.07. The van der Waals surface area contributed by atoms with E-state index in [-0.39, 0.29) is 24.3 Å². The molecule has 0 aromatic carbocycles. The molecule has 0 spiro atoms. The molecule has 1 amide bonds. The summed E-state index contributed by atoms with van der Waals surface area (Å²) in [4.78, 5) is 11.8. The molecule has 1 aromatic heterocycles. The van der Waals surface area contributed by atoms with Gasteiger partial charge in [-0.1, -0.05) is 0 Å². The molecule has 5 nitrogen and oxygen atoms in total. The van der Waals surface area contributed by atoms with E-state index in [9.17, 15) is 9.00 Å². The normalized spacial score (nSPS) is 24.5. The van der Waals surface area contributed by atoms with Crippen LogP contribution in [0.5, 0.6) is 0 Å². The number of amides is 1. The van der Waals surface area contributed by atoms with Crippen molar-refractivity contribution in [3.05, 3.63) is 23.7 Å². The Bertz CT molecular complexity index is 420. The van der Waals surface area contributed by atoms with Gasteiger partial charge in [0.2, 0.25) is 0 Å². The van der Waals surface area contributed by atoms with Gasteiger partial charge in [-0.25, -0.2) is 0 Å². The van der Waals surface area contributed by atoms with Crippen LogP contribution in [0.25, 0.3) is 0 Å². The summed E-state index contributed by atoms with van der Waals surface area (Å²) >= 11 is 0. The molecule has 0 aliphatic carbocycles. The molecule has 0 unspecified atom stereocenters. The lowest BCUT2D eigenvalue weighted by atomic mass is 10.1. The number of rotatable bonds is 3. The third-order valence-corrected chi connectivity index (χ3v) is 4.19. The van der Waals surface area contributed by atoms with Gasteiger partial charge in [0.15, 0.2) is 5.76 Å². The van der Waals surface area contributed by atoms with Crippen molar-refractivity contribution in [2.24, 2.45) is 5.73 Å². The van der Waals surface area contributed by atoms with Crippen LogP contribution in [0.1, 0.15) is 29.2 Å². The number of nitrogens with two attached hydrogens (primary N) is 1. The molecule has 1 fully saturated rings. The van der Waals surface area contributed by atoms with Gasteiger partial charge in [0.05, 0.1) is 6.54 Å². The Morgan fingerprint density at radius 3 is 2.76 bits per heavy atom. The highest BCUT2D eigenvalue weighted by molar-refractivity contribution is 7.85. The Balaban J connectivity index is 1.90. The Morgan fingerprint density at radius 1 is 1.47 bits per heavy atom. The summed E-state index contributed by atoms with van der Waals surface area (Å²) in [7, 11) is -0.709. The van der Waals surface area contributed by atoms with Crippen LogP contribution in [0, 0.1) is 0 Å². The fraction of sp³-hybridized carbons (Fsp3) is 0.545. The third-order valence-electron chi connectivity index (χ3n) is 2.81. The van der Waals surface area contributed by atoms with Gasteiger partial charge >= 0.3 is 0 Å². The molecular formula is C11H16N2O3S. The minimum atomic E-state index is -0.709. The van der Waals surface area contributed by atoms with Crippen LogP contribution in [0.2, 0.25) is 0 Å². The predicted octanol–water partition coefficient (Wildman–Crippen LogP) is 0.379. The van der Waals surface area contributed by atoms with E-state index >= 15 is 0 Å². The maximum atomic E-state index is 11.8. The highest BCUT2D eigenvalue weighted by Crippen LogP contribution is 2.12. The molecule has 0 atom stereocenters. The molecule has 1 aromatic rings. The van der Waals surface area contributed by atoms with Crippen molar-refractivity contribution in [1.29, 1.82) is 0 Å². The molecular weight excluding hydrogens is 240 g/mol. The average Bonchev–Trinajstić information content (AvgIpc) is 2.81. The van der Waals surface area contributed by atoms with Gasteiger partial charge in [0, 0.05) is 28.3 Å². The summed E-state index contributed by atoms with van der Waals surface area (Å²) in [5.74, 6) is 1.99. The number of hydrogen-bond donors (Lipinski definition) is 2. The van der Waals surface area contributed by atoms with E-state index in [2.05, 4.69) is 5.32 Å². The summed E-state index contributed by atoms with van der Waals surface area (Å²) in [6.07, 6.45) is 1.53. The lowest BCUT2D eigenvalue weighted by Gasteiger charge is -2.21. The SMILES string of the molecule is NCc1ccc(C(=O)NC2CCS(=O)CC2)o1. The minimum Gasteiger partial charge on any atom is -0.455 e. The zero-order chi connectivity index (χ0) is 12.3. The molecule has 0 bridgehead atoms. The van der Waals surface area contributed by atoms with Gasteiger partial charge in [-0.15, -0.1) is 0 Å². The molecule has 0 radical (unpaired) electrons. The third kappa shape index (κ3) is 3.17. The van der Waals surface area contributed by atoms with Gasteiger partial charge < -0.3 is 15.5 Å². The summed E-state index contributed by atoms with van der Waals surface area (Å²) < 4.78 is 16.4. The Labute approximate surface area is 102 Å². The predicted molar refractivity (Wildman–Crippen MR) is 65.0 cm³/mol. The van der Waals surface area contributed by atoms with E-state index in [1.165, 1.54) is 0 Å². The number of furan rings is 1. The van der Waals surface area contributed by atoms with E-state index in [1.54, 1.807) is 12.1 Å². The van der Waals surface area contributed by atoms with Gasteiger partial charge in [0.25, 0.3) is 5.91 Å². The smallest absolute Gasteiger partial charge is 0.287 e. The van der Waals surface area contributed by atoms with E-state index in [0.29, 0.717) is 17.3 Å². The van der Waals surface area contributed by atoms with Gasteiger partial charge in [-0.2, -0.15) is 0 Å². The number of hydrogen-bond acceptors (Lipinski definition) is 4. The first-order valence-electron chi connectivity index (χ1n) is 5.63. The molecule has 1 saturated heterocycles. The van der Waals surface area contributed by atoms with E-state index in [4.69, 9.17) is 10.2 Å². The van der Waals surface area contributed by atoms with Crippen molar-refractivity contribution in [3.8, 4) is 0 Å². The Morgan fingerprint density at radius 2 is 2.18 bits per heavy atom. The van der Waals surface area contributed by atoms with E-state index in [1.807, 2.05) is 0 Å². The fourth-order valence-corrected chi connectivity index (χ4v) is 3.10. The molecule has 0 saturated carbocycles. The molecule has 6 heteroatoms. The van der Waals surface area contributed by atoms with Crippen molar-refractivity contribution in [3.63, 3.8) is 0 Å². The van der Waals surface area contributed by atoms with Crippen molar-refractivity contribution in [1.82, 2.24) is 5.32 Å².